The van der Waals surface area contributed by atoms with Crippen molar-refractivity contribution >= 4 is 44.4 Å². The van der Waals surface area contributed by atoms with Crippen LogP contribution in [0, 0.1) is 0 Å². The number of halogens is 1. The number of hydrogen-bond acceptors (Lipinski definition) is 5. The van der Waals surface area contributed by atoms with E-state index in [1.165, 1.54) is 6.20 Å². The highest BCUT2D eigenvalue weighted by molar-refractivity contribution is 7.93. The Labute approximate surface area is 133 Å². The normalized spacial score (nSPS) is 11.3. The first-order chi connectivity index (χ1) is 9.61. The van der Waals surface area contributed by atoms with Crippen molar-refractivity contribution in [2.45, 2.75) is 15.6 Å². The topological polar surface area (TPSA) is 73.0 Å². The summed E-state index contributed by atoms with van der Waals surface area (Å²) in [6, 6.07) is 12.8. The van der Waals surface area contributed by atoms with Crippen molar-refractivity contribution in [3.05, 3.63) is 53.7 Å². The predicted molar refractivity (Wildman–Crippen MR) is 86.7 cm³/mol. The van der Waals surface area contributed by atoms with Crippen LogP contribution in [0.1, 0.15) is 5.01 Å². The number of fused-ring (bicyclic) bond motifs is 1. The summed E-state index contributed by atoms with van der Waals surface area (Å²) in [5.74, 6) is 0. The number of rotatable bonds is 3. The molecule has 0 spiro atoms. The molecule has 2 aromatic carbocycles. The van der Waals surface area contributed by atoms with Crippen LogP contribution < -0.4 is 5.73 Å². The third-order valence-electron chi connectivity index (χ3n) is 3.00. The van der Waals surface area contributed by atoms with Crippen LogP contribution in [0.2, 0.25) is 0 Å². The van der Waals surface area contributed by atoms with Crippen LogP contribution in [0.4, 0.5) is 0 Å². The van der Waals surface area contributed by atoms with Gasteiger partial charge in [0.25, 0.3) is 0 Å². The summed E-state index contributed by atoms with van der Waals surface area (Å²) in [6.45, 7) is 0.248. The lowest BCUT2D eigenvalue weighted by Gasteiger charge is -2.03. The molecule has 3 aromatic rings. The molecule has 2 N–H and O–H groups in total. The smallest absolute Gasteiger partial charge is 0.217 e. The van der Waals surface area contributed by atoms with Crippen molar-refractivity contribution in [2.75, 3.05) is 0 Å². The zero-order valence-corrected chi connectivity index (χ0v) is 13.3. The van der Waals surface area contributed by atoms with Crippen molar-refractivity contribution in [1.82, 2.24) is 4.98 Å². The Morgan fingerprint density at radius 2 is 1.81 bits per heavy atom. The van der Waals surface area contributed by atoms with Gasteiger partial charge in [-0.15, -0.1) is 23.7 Å². The molecule has 0 amide bonds. The van der Waals surface area contributed by atoms with Gasteiger partial charge in [-0.25, -0.2) is 13.4 Å². The first-order valence-electron chi connectivity index (χ1n) is 6.00. The number of sulfone groups is 1. The minimum atomic E-state index is -3.52. The van der Waals surface area contributed by atoms with Crippen LogP contribution in [-0.2, 0) is 16.4 Å². The van der Waals surface area contributed by atoms with Gasteiger partial charge in [-0.3, -0.25) is 0 Å². The van der Waals surface area contributed by atoms with Crippen LogP contribution in [0.25, 0.3) is 10.8 Å². The molecule has 0 saturated carbocycles. The minimum absolute atomic E-state index is 0. The Morgan fingerprint density at radius 3 is 2.48 bits per heavy atom. The predicted octanol–water partition coefficient (Wildman–Crippen LogP) is 3.01. The number of nitrogens with zero attached hydrogens (tertiary/aromatic N) is 1. The van der Waals surface area contributed by atoms with E-state index in [0.29, 0.717) is 5.01 Å². The fraction of sp³-hybridized carbons (Fsp3) is 0.0714. The SMILES string of the molecule is Cl.NCc1ncc(S(=O)(=O)c2ccc3ccccc3c2)s1. The first-order valence-corrected chi connectivity index (χ1v) is 8.30. The number of thiazole rings is 1. The molecule has 4 nitrogen and oxygen atoms in total. The van der Waals surface area contributed by atoms with E-state index in [2.05, 4.69) is 4.98 Å². The first kappa shape index (κ1) is 15.9. The lowest BCUT2D eigenvalue weighted by Crippen LogP contribution is -1.99. The highest BCUT2D eigenvalue weighted by atomic mass is 35.5. The Hall–Kier alpha value is -1.47. The molecule has 0 radical (unpaired) electrons. The quantitative estimate of drug-likeness (QED) is 0.795. The molecule has 21 heavy (non-hydrogen) atoms. The molecule has 7 heteroatoms. The third-order valence-corrected chi connectivity index (χ3v) is 6.24. The van der Waals surface area contributed by atoms with Crippen molar-refractivity contribution < 1.29 is 8.42 Å². The molecule has 3 rings (SSSR count). The van der Waals surface area contributed by atoms with Crippen LogP contribution >= 0.6 is 23.7 Å². The van der Waals surface area contributed by atoms with Crippen molar-refractivity contribution in [2.24, 2.45) is 5.73 Å². The van der Waals surface area contributed by atoms with Gasteiger partial charge < -0.3 is 5.73 Å². The second-order valence-corrected chi connectivity index (χ2v) is 7.58. The highest BCUT2D eigenvalue weighted by Crippen LogP contribution is 2.28. The van der Waals surface area contributed by atoms with Gasteiger partial charge in [-0.1, -0.05) is 30.3 Å². The van der Waals surface area contributed by atoms with E-state index in [1.807, 2.05) is 30.3 Å². The van der Waals surface area contributed by atoms with E-state index < -0.39 is 9.84 Å². The Morgan fingerprint density at radius 1 is 1.10 bits per heavy atom. The number of hydrogen-bond donors (Lipinski definition) is 1. The van der Waals surface area contributed by atoms with Crippen LogP contribution in [0.5, 0.6) is 0 Å². The van der Waals surface area contributed by atoms with Gasteiger partial charge in [-0.05, 0) is 22.9 Å². The molecule has 0 aliphatic rings. The molecule has 110 valence electrons. The van der Waals surface area contributed by atoms with E-state index >= 15 is 0 Å². The van der Waals surface area contributed by atoms with Gasteiger partial charge in [0.05, 0.1) is 11.1 Å². The Bertz CT molecular complexity index is 875. The molecule has 0 atom stereocenters. The largest absolute Gasteiger partial charge is 0.325 e. The summed E-state index contributed by atoms with van der Waals surface area (Å²) in [6.07, 6.45) is 1.37. The fourth-order valence-corrected chi connectivity index (χ4v) is 4.46. The second-order valence-electron chi connectivity index (χ2n) is 4.29. The van der Waals surface area contributed by atoms with E-state index in [4.69, 9.17) is 5.73 Å². The molecular weight excluding hydrogens is 328 g/mol. The van der Waals surface area contributed by atoms with Crippen LogP contribution in [0.3, 0.4) is 0 Å². The maximum atomic E-state index is 12.5. The van der Waals surface area contributed by atoms with Crippen LogP contribution in [-0.4, -0.2) is 13.4 Å². The number of nitrogens with two attached hydrogens (primary N) is 1. The summed E-state index contributed by atoms with van der Waals surface area (Å²) in [5, 5.41) is 2.53. The average Bonchev–Trinajstić information content (AvgIpc) is 2.96. The fourth-order valence-electron chi connectivity index (χ4n) is 1.96. The van der Waals surface area contributed by atoms with Crippen molar-refractivity contribution in [3.63, 3.8) is 0 Å². The zero-order valence-electron chi connectivity index (χ0n) is 10.9. The standard InChI is InChI=1S/C14H12N2O2S2.ClH/c15-8-13-16-9-14(19-13)20(17,18)12-6-5-10-3-1-2-4-11(10)7-12;/h1-7,9H,8,15H2;1H. The summed E-state index contributed by atoms with van der Waals surface area (Å²) in [4.78, 5) is 4.28. The van der Waals surface area contributed by atoms with Gasteiger partial charge in [0, 0.05) is 6.54 Å². The lowest BCUT2D eigenvalue weighted by molar-refractivity contribution is 0.598. The van der Waals surface area contributed by atoms with Crippen molar-refractivity contribution in [1.29, 1.82) is 0 Å². The summed E-state index contributed by atoms with van der Waals surface area (Å²) in [5.41, 5.74) is 5.47. The summed E-state index contributed by atoms with van der Waals surface area (Å²) in [7, 11) is -3.52. The lowest BCUT2D eigenvalue weighted by atomic mass is 10.1. The Kier molecular flexibility index (Phi) is 4.63. The van der Waals surface area contributed by atoms with Crippen molar-refractivity contribution in [3.8, 4) is 0 Å². The highest BCUT2D eigenvalue weighted by Gasteiger charge is 2.20. The molecule has 0 aliphatic carbocycles. The zero-order chi connectivity index (χ0) is 14.2. The molecular formula is C14H13ClN2O2S2. The molecule has 0 fully saturated rings. The minimum Gasteiger partial charge on any atom is -0.325 e. The van der Waals surface area contributed by atoms with Gasteiger partial charge in [0.15, 0.2) is 0 Å². The van der Waals surface area contributed by atoms with Gasteiger partial charge in [0.2, 0.25) is 9.84 Å². The molecule has 0 aliphatic heterocycles. The molecule has 0 bridgehead atoms. The van der Waals surface area contributed by atoms with E-state index in [-0.39, 0.29) is 28.1 Å². The van der Waals surface area contributed by atoms with E-state index in [0.717, 1.165) is 22.1 Å². The third kappa shape index (κ3) is 2.94. The van der Waals surface area contributed by atoms with Gasteiger partial charge in [-0.2, -0.15) is 0 Å². The summed E-state index contributed by atoms with van der Waals surface area (Å²) >= 11 is 1.12. The second kappa shape index (κ2) is 6.11. The maximum Gasteiger partial charge on any atom is 0.217 e. The summed E-state index contributed by atoms with van der Waals surface area (Å²) < 4.78 is 25.3. The molecule has 1 aromatic heterocycles. The monoisotopic (exact) mass is 340 g/mol. The number of aromatic nitrogens is 1. The molecule has 0 saturated heterocycles. The van der Waals surface area contributed by atoms with E-state index in [9.17, 15) is 8.42 Å². The van der Waals surface area contributed by atoms with Gasteiger partial charge in [0.1, 0.15) is 9.22 Å². The number of benzene rings is 2. The average molecular weight is 341 g/mol. The Balaban J connectivity index is 0.00000161. The molecule has 0 unspecified atom stereocenters. The van der Waals surface area contributed by atoms with E-state index in [1.54, 1.807) is 12.1 Å². The maximum absolute atomic E-state index is 12.5. The van der Waals surface area contributed by atoms with Crippen LogP contribution in [0.15, 0.2) is 57.8 Å². The van der Waals surface area contributed by atoms with Gasteiger partial charge >= 0.3 is 0 Å². The molecule has 1 heterocycles.